The second-order valence-corrected chi connectivity index (χ2v) is 5.27. The van der Waals surface area contributed by atoms with Crippen LogP contribution in [0.5, 0.6) is 0 Å². The van der Waals surface area contributed by atoms with Crippen molar-refractivity contribution in [2.75, 3.05) is 0 Å². The van der Waals surface area contributed by atoms with Crippen LogP contribution in [0.3, 0.4) is 0 Å². The van der Waals surface area contributed by atoms with Gasteiger partial charge in [0, 0.05) is 6.42 Å². The van der Waals surface area contributed by atoms with Crippen LogP contribution in [0.2, 0.25) is 0 Å². The number of hydrogen-bond donors (Lipinski definition) is 1. The van der Waals surface area contributed by atoms with Crippen LogP contribution < -0.4 is 0 Å². The highest BCUT2D eigenvalue weighted by molar-refractivity contribution is 5.28. The standard InChI is InChI=1S/C14H18O/c15-14(8-9-14)10-11-4-6-13(7-5-11)12-2-1-3-12/h4-7,12,15H,1-3,8-10H2. The quantitative estimate of drug-likeness (QED) is 0.798. The van der Waals surface area contributed by atoms with E-state index in [1.54, 1.807) is 0 Å². The first-order chi connectivity index (χ1) is 7.25. The Labute approximate surface area is 91.1 Å². The van der Waals surface area contributed by atoms with Crippen LogP contribution in [0.15, 0.2) is 24.3 Å². The summed E-state index contributed by atoms with van der Waals surface area (Å²) in [6.07, 6.45) is 6.94. The molecule has 0 unspecified atom stereocenters. The van der Waals surface area contributed by atoms with Crippen molar-refractivity contribution in [2.24, 2.45) is 0 Å². The van der Waals surface area contributed by atoms with Gasteiger partial charge >= 0.3 is 0 Å². The second-order valence-electron chi connectivity index (χ2n) is 5.27. The van der Waals surface area contributed by atoms with Gasteiger partial charge in [0.25, 0.3) is 0 Å². The van der Waals surface area contributed by atoms with Crippen molar-refractivity contribution < 1.29 is 5.11 Å². The highest BCUT2D eigenvalue weighted by atomic mass is 16.3. The number of aliphatic hydroxyl groups is 1. The van der Waals surface area contributed by atoms with Crippen molar-refractivity contribution in [3.63, 3.8) is 0 Å². The summed E-state index contributed by atoms with van der Waals surface area (Å²) in [6, 6.07) is 8.91. The SMILES string of the molecule is OC1(Cc2ccc(C3CCC3)cc2)CC1. The van der Waals surface area contributed by atoms with Gasteiger partial charge in [0.2, 0.25) is 0 Å². The molecule has 0 heterocycles. The molecule has 80 valence electrons. The van der Waals surface area contributed by atoms with Gasteiger partial charge in [-0.15, -0.1) is 0 Å². The smallest absolute Gasteiger partial charge is 0.0690 e. The molecule has 1 nitrogen and oxygen atoms in total. The lowest BCUT2D eigenvalue weighted by Crippen LogP contribution is -2.11. The van der Waals surface area contributed by atoms with Crippen molar-refractivity contribution in [3.8, 4) is 0 Å². The van der Waals surface area contributed by atoms with E-state index in [1.165, 1.54) is 30.4 Å². The summed E-state index contributed by atoms with van der Waals surface area (Å²) in [5.41, 5.74) is 2.43. The van der Waals surface area contributed by atoms with Crippen molar-refractivity contribution >= 4 is 0 Å². The molecular formula is C14H18O. The van der Waals surface area contributed by atoms with Crippen LogP contribution in [0.25, 0.3) is 0 Å². The van der Waals surface area contributed by atoms with E-state index in [4.69, 9.17) is 0 Å². The molecule has 0 bridgehead atoms. The molecule has 1 heteroatoms. The lowest BCUT2D eigenvalue weighted by molar-refractivity contribution is 0.151. The van der Waals surface area contributed by atoms with Crippen LogP contribution in [0.4, 0.5) is 0 Å². The van der Waals surface area contributed by atoms with Gasteiger partial charge in [-0.1, -0.05) is 30.7 Å². The maximum atomic E-state index is 9.82. The topological polar surface area (TPSA) is 20.2 Å². The Morgan fingerprint density at radius 2 is 1.80 bits per heavy atom. The summed E-state index contributed by atoms with van der Waals surface area (Å²) < 4.78 is 0. The Kier molecular flexibility index (Phi) is 2.10. The van der Waals surface area contributed by atoms with Crippen LogP contribution >= 0.6 is 0 Å². The third-order valence-electron chi connectivity index (χ3n) is 3.92. The summed E-state index contributed by atoms with van der Waals surface area (Å²) in [7, 11) is 0. The van der Waals surface area contributed by atoms with Gasteiger partial charge < -0.3 is 5.11 Å². The average Bonchev–Trinajstić information content (AvgIpc) is 2.84. The third kappa shape index (κ3) is 1.93. The Morgan fingerprint density at radius 3 is 2.27 bits per heavy atom. The summed E-state index contributed by atoms with van der Waals surface area (Å²) >= 11 is 0. The van der Waals surface area contributed by atoms with Crippen molar-refractivity contribution in [1.29, 1.82) is 0 Å². The zero-order valence-electron chi connectivity index (χ0n) is 9.08. The van der Waals surface area contributed by atoms with E-state index in [2.05, 4.69) is 24.3 Å². The minimum Gasteiger partial charge on any atom is -0.390 e. The van der Waals surface area contributed by atoms with Gasteiger partial charge in [-0.05, 0) is 42.7 Å². The lowest BCUT2D eigenvalue weighted by Gasteiger charge is -2.25. The van der Waals surface area contributed by atoms with E-state index in [0.29, 0.717) is 0 Å². The van der Waals surface area contributed by atoms with Gasteiger partial charge in [-0.2, -0.15) is 0 Å². The second kappa shape index (κ2) is 3.34. The largest absolute Gasteiger partial charge is 0.390 e. The molecule has 0 aromatic heterocycles. The average molecular weight is 202 g/mol. The van der Waals surface area contributed by atoms with Crippen molar-refractivity contribution in [3.05, 3.63) is 35.4 Å². The van der Waals surface area contributed by atoms with Crippen LogP contribution in [-0.4, -0.2) is 10.7 Å². The molecule has 0 saturated heterocycles. The van der Waals surface area contributed by atoms with Crippen LogP contribution in [-0.2, 0) is 6.42 Å². The van der Waals surface area contributed by atoms with Crippen molar-refractivity contribution in [1.82, 2.24) is 0 Å². The summed E-state index contributed by atoms with van der Waals surface area (Å²) in [6.45, 7) is 0. The molecule has 0 radical (unpaired) electrons. The highest BCUT2D eigenvalue weighted by Gasteiger charge is 2.40. The molecule has 0 spiro atoms. The zero-order valence-corrected chi connectivity index (χ0v) is 9.08. The maximum absolute atomic E-state index is 9.82. The van der Waals surface area contributed by atoms with Crippen LogP contribution in [0.1, 0.15) is 49.1 Å². The fraction of sp³-hybridized carbons (Fsp3) is 0.571. The van der Waals surface area contributed by atoms with Gasteiger partial charge in [-0.3, -0.25) is 0 Å². The predicted octanol–water partition coefficient (Wildman–Crippen LogP) is 3.02. The first-order valence-corrected chi connectivity index (χ1v) is 6.06. The molecule has 3 rings (SSSR count). The minimum atomic E-state index is -0.349. The molecule has 2 aliphatic carbocycles. The Hall–Kier alpha value is -0.820. The van der Waals surface area contributed by atoms with Crippen molar-refractivity contribution in [2.45, 2.75) is 50.0 Å². The first-order valence-electron chi connectivity index (χ1n) is 6.06. The molecule has 1 aromatic rings. The van der Waals surface area contributed by atoms with E-state index in [9.17, 15) is 5.11 Å². The fourth-order valence-corrected chi connectivity index (χ4v) is 2.35. The number of benzene rings is 1. The minimum absolute atomic E-state index is 0.349. The molecule has 0 atom stereocenters. The Bertz CT molecular complexity index is 344. The van der Waals surface area contributed by atoms with Gasteiger partial charge in [0.05, 0.1) is 5.60 Å². The maximum Gasteiger partial charge on any atom is 0.0690 e. The zero-order chi connectivity index (χ0) is 10.3. The summed E-state index contributed by atoms with van der Waals surface area (Å²) in [4.78, 5) is 0. The number of hydrogen-bond acceptors (Lipinski definition) is 1. The van der Waals surface area contributed by atoms with Crippen LogP contribution in [0, 0.1) is 0 Å². The van der Waals surface area contributed by atoms with E-state index in [1.807, 2.05) is 0 Å². The molecule has 2 aliphatic rings. The highest BCUT2D eigenvalue weighted by Crippen LogP contribution is 2.39. The van der Waals surface area contributed by atoms with Gasteiger partial charge in [-0.25, -0.2) is 0 Å². The number of rotatable bonds is 3. The first kappa shape index (κ1) is 9.41. The van der Waals surface area contributed by atoms with E-state index in [-0.39, 0.29) is 5.60 Å². The van der Waals surface area contributed by atoms with E-state index < -0.39 is 0 Å². The molecule has 2 fully saturated rings. The molecule has 0 aliphatic heterocycles. The van der Waals surface area contributed by atoms with E-state index >= 15 is 0 Å². The normalized spacial score (nSPS) is 23.5. The predicted molar refractivity (Wildman–Crippen MR) is 60.9 cm³/mol. The fourth-order valence-electron chi connectivity index (χ4n) is 2.35. The lowest BCUT2D eigenvalue weighted by atomic mass is 9.80. The van der Waals surface area contributed by atoms with Gasteiger partial charge in [0.15, 0.2) is 0 Å². The summed E-state index contributed by atoms with van der Waals surface area (Å²) in [5, 5.41) is 9.82. The molecule has 2 saturated carbocycles. The molecule has 1 aromatic carbocycles. The third-order valence-corrected chi connectivity index (χ3v) is 3.92. The molecule has 15 heavy (non-hydrogen) atoms. The molecular weight excluding hydrogens is 184 g/mol. The van der Waals surface area contributed by atoms with E-state index in [0.717, 1.165) is 25.2 Å². The van der Waals surface area contributed by atoms with Gasteiger partial charge in [0.1, 0.15) is 0 Å². The monoisotopic (exact) mass is 202 g/mol. The molecule has 0 amide bonds. The molecule has 1 N–H and O–H groups in total. The summed E-state index contributed by atoms with van der Waals surface area (Å²) in [5.74, 6) is 0.822. The Morgan fingerprint density at radius 1 is 1.13 bits per heavy atom. The Balaban J connectivity index is 1.69.